The van der Waals surface area contributed by atoms with Crippen molar-refractivity contribution in [3.05, 3.63) is 68.7 Å². The predicted molar refractivity (Wildman–Crippen MR) is 93.7 cm³/mol. The van der Waals surface area contributed by atoms with Crippen LogP contribution in [0.3, 0.4) is 0 Å². The van der Waals surface area contributed by atoms with Crippen LogP contribution >= 0.6 is 11.6 Å². The van der Waals surface area contributed by atoms with Crippen LogP contribution in [0.5, 0.6) is 0 Å². The molecule has 0 unspecified atom stereocenters. The van der Waals surface area contributed by atoms with Crippen LogP contribution in [0.25, 0.3) is 0 Å². The maximum atomic E-state index is 11.8. The lowest BCUT2D eigenvalue weighted by atomic mass is 10.2. The van der Waals surface area contributed by atoms with E-state index in [0.717, 1.165) is 0 Å². The van der Waals surface area contributed by atoms with Gasteiger partial charge in [0.1, 0.15) is 0 Å². The number of halogens is 1. The van der Waals surface area contributed by atoms with E-state index in [1.807, 2.05) is 0 Å². The van der Waals surface area contributed by atoms with E-state index in [2.05, 4.69) is 15.8 Å². The molecule has 0 saturated heterocycles. The van der Waals surface area contributed by atoms with Crippen LogP contribution in [-0.2, 0) is 9.59 Å². The molecule has 8 nitrogen and oxygen atoms in total. The number of nitrogens with zero attached hydrogens (tertiary/aromatic N) is 2. The van der Waals surface area contributed by atoms with Crippen LogP contribution in [0.2, 0.25) is 5.02 Å². The Morgan fingerprint density at radius 1 is 1.16 bits per heavy atom. The van der Waals surface area contributed by atoms with E-state index in [0.29, 0.717) is 21.8 Å². The monoisotopic (exact) mass is 360 g/mol. The average Bonchev–Trinajstić information content (AvgIpc) is 2.59. The van der Waals surface area contributed by atoms with Gasteiger partial charge in [-0.05, 0) is 42.3 Å². The molecule has 0 fully saturated rings. The lowest BCUT2D eigenvalue weighted by Gasteiger charge is -2.08. The summed E-state index contributed by atoms with van der Waals surface area (Å²) in [5, 5.41) is 17.1. The summed E-state index contributed by atoms with van der Waals surface area (Å²) in [6, 6.07) is 10.5. The molecule has 128 valence electrons. The van der Waals surface area contributed by atoms with Gasteiger partial charge in [0.15, 0.2) is 0 Å². The fourth-order valence-electron chi connectivity index (χ4n) is 1.82. The number of carbonyl (C=O) groups is 2. The number of non-ortho nitro benzene ring substituents is 1. The zero-order chi connectivity index (χ0) is 18.4. The number of hydrogen-bond donors (Lipinski definition) is 2. The van der Waals surface area contributed by atoms with E-state index in [1.54, 1.807) is 25.1 Å². The topological polar surface area (TPSA) is 114 Å². The minimum atomic E-state index is -0.961. The van der Waals surface area contributed by atoms with Gasteiger partial charge in [0.2, 0.25) is 0 Å². The molecular formula is C16H13ClN4O4. The molecule has 0 aromatic heterocycles. The lowest BCUT2D eigenvalue weighted by molar-refractivity contribution is -0.384. The second-order valence-electron chi connectivity index (χ2n) is 4.91. The Labute approximate surface area is 147 Å². The van der Waals surface area contributed by atoms with E-state index < -0.39 is 16.7 Å². The van der Waals surface area contributed by atoms with Crippen LogP contribution in [0, 0.1) is 17.0 Å². The highest BCUT2D eigenvalue weighted by Crippen LogP contribution is 2.22. The summed E-state index contributed by atoms with van der Waals surface area (Å²) in [6.07, 6.45) is 1.26. The van der Waals surface area contributed by atoms with Crippen molar-refractivity contribution in [2.75, 3.05) is 5.32 Å². The van der Waals surface area contributed by atoms with E-state index in [-0.39, 0.29) is 5.69 Å². The highest BCUT2D eigenvalue weighted by molar-refractivity contribution is 6.40. The van der Waals surface area contributed by atoms with Crippen molar-refractivity contribution < 1.29 is 14.5 Å². The molecule has 2 amide bonds. The minimum Gasteiger partial charge on any atom is -0.317 e. The van der Waals surface area contributed by atoms with Gasteiger partial charge in [0.25, 0.3) is 5.69 Å². The molecule has 2 N–H and O–H groups in total. The van der Waals surface area contributed by atoms with Crippen LogP contribution in [0.4, 0.5) is 11.4 Å². The van der Waals surface area contributed by atoms with Gasteiger partial charge in [-0.15, -0.1) is 0 Å². The zero-order valence-electron chi connectivity index (χ0n) is 13.0. The van der Waals surface area contributed by atoms with E-state index in [4.69, 9.17) is 11.6 Å². The summed E-state index contributed by atoms with van der Waals surface area (Å²) in [6.45, 7) is 1.71. The standard InChI is InChI=1S/C16H13ClN4O4/c1-10-13(17)3-2-4-14(10)19-15(22)16(23)20-18-9-11-5-7-12(8-6-11)21(24)25/h2-9H,1H3,(H,19,22)(H,20,23). The molecule has 2 aromatic carbocycles. The molecule has 25 heavy (non-hydrogen) atoms. The summed E-state index contributed by atoms with van der Waals surface area (Å²) in [5.41, 5.74) is 3.60. The van der Waals surface area contributed by atoms with Gasteiger partial charge < -0.3 is 5.32 Å². The molecule has 2 aromatic rings. The summed E-state index contributed by atoms with van der Waals surface area (Å²) in [4.78, 5) is 33.6. The van der Waals surface area contributed by atoms with Gasteiger partial charge in [0.05, 0.1) is 11.1 Å². The maximum absolute atomic E-state index is 11.8. The number of nitro groups is 1. The number of benzene rings is 2. The van der Waals surface area contributed by atoms with Gasteiger partial charge in [-0.25, -0.2) is 5.43 Å². The molecule has 0 aliphatic carbocycles. The lowest BCUT2D eigenvalue weighted by Crippen LogP contribution is -2.32. The van der Waals surface area contributed by atoms with E-state index in [9.17, 15) is 19.7 Å². The van der Waals surface area contributed by atoms with Crippen molar-refractivity contribution in [1.29, 1.82) is 0 Å². The van der Waals surface area contributed by atoms with Gasteiger partial charge in [-0.3, -0.25) is 19.7 Å². The molecule has 0 spiro atoms. The van der Waals surface area contributed by atoms with Crippen molar-refractivity contribution in [2.24, 2.45) is 5.10 Å². The predicted octanol–water partition coefficient (Wildman–Crippen LogP) is 2.65. The second kappa shape index (κ2) is 8.02. The van der Waals surface area contributed by atoms with E-state index in [1.165, 1.54) is 30.5 Å². The number of hydrazone groups is 1. The number of carbonyl (C=O) groups excluding carboxylic acids is 2. The fourth-order valence-corrected chi connectivity index (χ4v) is 1.99. The fraction of sp³-hybridized carbons (Fsp3) is 0.0625. The van der Waals surface area contributed by atoms with Gasteiger partial charge in [-0.2, -0.15) is 5.10 Å². The first-order chi connectivity index (χ1) is 11.9. The maximum Gasteiger partial charge on any atom is 0.329 e. The Morgan fingerprint density at radius 2 is 1.84 bits per heavy atom. The Morgan fingerprint density at radius 3 is 2.48 bits per heavy atom. The Kier molecular flexibility index (Phi) is 5.80. The van der Waals surface area contributed by atoms with Gasteiger partial charge in [-0.1, -0.05) is 17.7 Å². The Hall–Kier alpha value is -3.26. The van der Waals surface area contributed by atoms with Crippen molar-refractivity contribution in [3.63, 3.8) is 0 Å². The summed E-state index contributed by atoms with van der Waals surface area (Å²) in [7, 11) is 0. The molecule has 9 heteroatoms. The third-order valence-electron chi connectivity index (χ3n) is 3.21. The number of hydrogen-bond acceptors (Lipinski definition) is 5. The Balaban J connectivity index is 1.93. The Bertz CT molecular complexity index is 850. The van der Waals surface area contributed by atoms with Crippen LogP contribution in [0.15, 0.2) is 47.6 Å². The molecule has 0 aliphatic heterocycles. The summed E-state index contributed by atoms with van der Waals surface area (Å²) in [5.74, 6) is -1.86. The minimum absolute atomic E-state index is 0.0579. The number of rotatable bonds is 4. The SMILES string of the molecule is Cc1c(Cl)cccc1NC(=O)C(=O)NN=Cc1ccc([N+](=O)[O-])cc1. The smallest absolute Gasteiger partial charge is 0.317 e. The van der Waals surface area contributed by atoms with Crippen molar-refractivity contribution in [3.8, 4) is 0 Å². The normalized spacial score (nSPS) is 10.5. The zero-order valence-corrected chi connectivity index (χ0v) is 13.8. The first-order valence-electron chi connectivity index (χ1n) is 7.02. The largest absolute Gasteiger partial charge is 0.329 e. The van der Waals surface area contributed by atoms with Gasteiger partial charge in [0, 0.05) is 22.8 Å². The van der Waals surface area contributed by atoms with Crippen molar-refractivity contribution in [2.45, 2.75) is 6.92 Å². The van der Waals surface area contributed by atoms with E-state index >= 15 is 0 Å². The number of anilines is 1. The molecule has 0 bridgehead atoms. The number of nitro benzene ring substituents is 1. The van der Waals surface area contributed by atoms with Crippen LogP contribution < -0.4 is 10.7 Å². The molecule has 0 aliphatic rings. The average molecular weight is 361 g/mol. The third-order valence-corrected chi connectivity index (χ3v) is 3.62. The first kappa shape index (κ1) is 18.1. The highest BCUT2D eigenvalue weighted by Gasteiger charge is 2.14. The molecule has 0 heterocycles. The van der Waals surface area contributed by atoms with Crippen molar-refractivity contribution in [1.82, 2.24) is 5.43 Å². The third kappa shape index (κ3) is 4.85. The van der Waals surface area contributed by atoms with Crippen LogP contribution in [0.1, 0.15) is 11.1 Å². The highest BCUT2D eigenvalue weighted by atomic mass is 35.5. The van der Waals surface area contributed by atoms with Gasteiger partial charge >= 0.3 is 11.8 Å². The number of amides is 2. The molecular weight excluding hydrogens is 348 g/mol. The summed E-state index contributed by atoms with van der Waals surface area (Å²) < 4.78 is 0. The number of nitrogens with one attached hydrogen (secondary N) is 2. The van der Waals surface area contributed by atoms with Crippen LogP contribution in [-0.4, -0.2) is 23.0 Å². The first-order valence-corrected chi connectivity index (χ1v) is 7.40. The molecule has 2 rings (SSSR count). The second-order valence-corrected chi connectivity index (χ2v) is 5.32. The summed E-state index contributed by atoms with van der Waals surface area (Å²) >= 11 is 5.94. The van der Waals surface area contributed by atoms with Crippen molar-refractivity contribution >= 4 is 41.0 Å². The molecule has 0 atom stereocenters. The molecule has 0 radical (unpaired) electrons. The molecule has 0 saturated carbocycles. The quantitative estimate of drug-likeness (QED) is 0.377.